The van der Waals surface area contributed by atoms with E-state index in [2.05, 4.69) is 5.10 Å². The number of hydrogen-bond acceptors (Lipinski definition) is 4. The SMILES string of the molecule is Cc1nn(C)c(C)c1/C=C/C(=O)O[C@@H](C)C(=O)N(C)c1ccccc1. The lowest BCUT2D eigenvalue weighted by atomic mass is 10.2. The fourth-order valence-electron chi connectivity index (χ4n) is 2.50. The van der Waals surface area contributed by atoms with E-state index in [1.54, 1.807) is 24.7 Å². The molecular weight excluding hydrogens is 318 g/mol. The second-order valence-corrected chi connectivity index (χ2v) is 5.85. The molecule has 6 nitrogen and oxygen atoms in total. The third kappa shape index (κ3) is 4.35. The molecule has 2 aromatic rings. The quantitative estimate of drug-likeness (QED) is 0.619. The number of esters is 1. The fraction of sp³-hybridized carbons (Fsp3) is 0.316. The van der Waals surface area contributed by atoms with Crippen LogP contribution >= 0.6 is 0 Å². The van der Waals surface area contributed by atoms with Crippen molar-refractivity contribution in [1.29, 1.82) is 0 Å². The first-order valence-corrected chi connectivity index (χ1v) is 8.02. The van der Waals surface area contributed by atoms with E-state index in [1.807, 2.05) is 51.2 Å². The molecule has 0 saturated heterocycles. The van der Waals surface area contributed by atoms with Crippen LogP contribution in [0, 0.1) is 13.8 Å². The molecule has 1 heterocycles. The number of hydrogen-bond donors (Lipinski definition) is 0. The van der Waals surface area contributed by atoms with Crippen LogP contribution in [-0.2, 0) is 21.4 Å². The molecule has 1 aromatic carbocycles. The summed E-state index contributed by atoms with van der Waals surface area (Å²) in [6.45, 7) is 5.36. The van der Waals surface area contributed by atoms with Crippen LogP contribution in [0.3, 0.4) is 0 Å². The van der Waals surface area contributed by atoms with Gasteiger partial charge in [0.2, 0.25) is 0 Å². The summed E-state index contributed by atoms with van der Waals surface area (Å²) >= 11 is 0. The van der Waals surface area contributed by atoms with E-state index in [4.69, 9.17) is 4.74 Å². The Morgan fingerprint density at radius 1 is 1.24 bits per heavy atom. The molecule has 0 N–H and O–H groups in total. The number of para-hydroxylation sites is 1. The summed E-state index contributed by atoms with van der Waals surface area (Å²) in [6.07, 6.45) is 2.11. The smallest absolute Gasteiger partial charge is 0.331 e. The molecular formula is C19H23N3O3. The Morgan fingerprint density at radius 2 is 1.88 bits per heavy atom. The Bertz CT molecular complexity index is 794. The lowest BCUT2D eigenvalue weighted by Gasteiger charge is -2.21. The highest BCUT2D eigenvalue weighted by Crippen LogP contribution is 2.15. The molecule has 1 aromatic heterocycles. The minimum absolute atomic E-state index is 0.290. The molecule has 0 radical (unpaired) electrons. The van der Waals surface area contributed by atoms with E-state index < -0.39 is 12.1 Å². The largest absolute Gasteiger partial charge is 0.449 e. The number of ether oxygens (including phenoxy) is 1. The first kappa shape index (κ1) is 18.4. The monoisotopic (exact) mass is 341 g/mol. The van der Waals surface area contributed by atoms with Gasteiger partial charge in [0.1, 0.15) is 0 Å². The third-order valence-corrected chi connectivity index (χ3v) is 4.07. The number of likely N-dealkylation sites (N-methyl/N-ethyl adjacent to an activating group) is 1. The summed E-state index contributed by atoms with van der Waals surface area (Å²) in [5.74, 6) is -0.855. The highest BCUT2D eigenvalue weighted by Gasteiger charge is 2.21. The van der Waals surface area contributed by atoms with Crippen molar-refractivity contribution in [3.8, 4) is 0 Å². The van der Waals surface area contributed by atoms with Crippen molar-refractivity contribution in [3.63, 3.8) is 0 Å². The van der Waals surface area contributed by atoms with Crippen LogP contribution in [0.25, 0.3) is 6.08 Å². The Kier molecular flexibility index (Phi) is 5.75. The van der Waals surface area contributed by atoms with Gasteiger partial charge >= 0.3 is 5.97 Å². The minimum atomic E-state index is -0.876. The number of aromatic nitrogens is 2. The summed E-state index contributed by atoms with van der Waals surface area (Å²) in [5.41, 5.74) is 3.40. The molecule has 0 aliphatic rings. The molecule has 25 heavy (non-hydrogen) atoms. The standard InChI is InChI=1S/C19H23N3O3/c1-13-17(14(2)22(5)20-13)11-12-18(23)25-15(3)19(24)21(4)16-9-7-6-8-10-16/h6-12,15H,1-5H3/b12-11+/t15-/m0/s1. The molecule has 0 aliphatic carbocycles. The molecule has 0 saturated carbocycles. The number of aryl methyl sites for hydroxylation is 2. The highest BCUT2D eigenvalue weighted by atomic mass is 16.5. The molecule has 0 spiro atoms. The number of anilines is 1. The third-order valence-electron chi connectivity index (χ3n) is 4.07. The van der Waals surface area contributed by atoms with Crippen molar-refractivity contribution in [3.05, 3.63) is 53.4 Å². The minimum Gasteiger partial charge on any atom is -0.449 e. The molecule has 0 unspecified atom stereocenters. The van der Waals surface area contributed by atoms with Gasteiger partial charge in [-0.25, -0.2) is 4.79 Å². The second kappa shape index (κ2) is 7.79. The van der Waals surface area contributed by atoms with Gasteiger partial charge in [0.25, 0.3) is 5.91 Å². The van der Waals surface area contributed by atoms with Crippen LogP contribution in [0.15, 0.2) is 36.4 Å². The maximum absolute atomic E-state index is 12.4. The predicted octanol–water partition coefficient (Wildman–Crippen LogP) is 2.64. The molecule has 1 amide bonds. The molecule has 1 atom stereocenters. The highest BCUT2D eigenvalue weighted by molar-refractivity contribution is 5.98. The number of nitrogens with zero attached hydrogens (tertiary/aromatic N) is 3. The zero-order chi connectivity index (χ0) is 18.6. The Hall–Kier alpha value is -2.89. The van der Waals surface area contributed by atoms with Gasteiger partial charge < -0.3 is 9.64 Å². The zero-order valence-corrected chi connectivity index (χ0v) is 15.2. The van der Waals surface area contributed by atoms with Gasteiger partial charge in [-0.1, -0.05) is 18.2 Å². The van der Waals surface area contributed by atoms with Gasteiger partial charge in [0.05, 0.1) is 5.69 Å². The van der Waals surface area contributed by atoms with E-state index in [1.165, 1.54) is 11.0 Å². The van der Waals surface area contributed by atoms with Crippen LogP contribution in [0.1, 0.15) is 23.9 Å². The first-order chi connectivity index (χ1) is 11.8. The molecule has 0 aliphatic heterocycles. The zero-order valence-electron chi connectivity index (χ0n) is 15.2. The van der Waals surface area contributed by atoms with Crippen molar-refractivity contribution < 1.29 is 14.3 Å². The Balaban J connectivity index is 2.00. The lowest BCUT2D eigenvalue weighted by Crippen LogP contribution is -2.37. The topological polar surface area (TPSA) is 64.4 Å². The van der Waals surface area contributed by atoms with Gasteiger partial charge in [-0.15, -0.1) is 0 Å². The van der Waals surface area contributed by atoms with Crippen LogP contribution in [0.2, 0.25) is 0 Å². The molecule has 6 heteroatoms. The van der Waals surface area contributed by atoms with E-state index in [9.17, 15) is 9.59 Å². The fourth-order valence-corrected chi connectivity index (χ4v) is 2.50. The number of rotatable bonds is 5. The molecule has 132 valence electrons. The van der Waals surface area contributed by atoms with Gasteiger partial charge in [0, 0.05) is 37.1 Å². The van der Waals surface area contributed by atoms with Crippen LogP contribution in [0.5, 0.6) is 0 Å². The van der Waals surface area contributed by atoms with Crippen LogP contribution in [0.4, 0.5) is 5.69 Å². The van der Waals surface area contributed by atoms with Gasteiger partial charge in [0.15, 0.2) is 6.10 Å². The molecule has 0 fully saturated rings. The Labute approximate surface area is 147 Å². The van der Waals surface area contributed by atoms with Gasteiger partial charge in [-0.2, -0.15) is 5.10 Å². The van der Waals surface area contributed by atoms with Crippen molar-refractivity contribution in [2.45, 2.75) is 26.9 Å². The number of benzene rings is 1. The first-order valence-electron chi connectivity index (χ1n) is 8.02. The summed E-state index contributed by atoms with van der Waals surface area (Å²) in [5, 5.41) is 4.29. The van der Waals surface area contributed by atoms with Crippen molar-refractivity contribution >= 4 is 23.6 Å². The lowest BCUT2D eigenvalue weighted by molar-refractivity contribution is -0.148. The summed E-state index contributed by atoms with van der Waals surface area (Å²) < 4.78 is 6.97. The maximum Gasteiger partial charge on any atom is 0.331 e. The van der Waals surface area contributed by atoms with E-state index in [0.717, 1.165) is 22.6 Å². The number of amides is 1. The number of carbonyl (C=O) groups is 2. The van der Waals surface area contributed by atoms with Gasteiger partial charge in [-0.3, -0.25) is 9.48 Å². The normalized spacial score (nSPS) is 12.2. The molecule has 0 bridgehead atoms. The number of carbonyl (C=O) groups excluding carboxylic acids is 2. The Morgan fingerprint density at radius 3 is 2.44 bits per heavy atom. The second-order valence-electron chi connectivity index (χ2n) is 5.85. The predicted molar refractivity (Wildman–Crippen MR) is 97.1 cm³/mol. The average molecular weight is 341 g/mol. The van der Waals surface area contributed by atoms with E-state index in [0.29, 0.717) is 0 Å². The average Bonchev–Trinajstić information content (AvgIpc) is 2.84. The maximum atomic E-state index is 12.4. The molecule has 2 rings (SSSR count). The van der Waals surface area contributed by atoms with E-state index >= 15 is 0 Å². The van der Waals surface area contributed by atoms with Gasteiger partial charge in [-0.05, 0) is 39.0 Å². The van der Waals surface area contributed by atoms with E-state index in [-0.39, 0.29) is 5.91 Å². The van der Waals surface area contributed by atoms with Crippen LogP contribution in [-0.4, -0.2) is 34.8 Å². The summed E-state index contributed by atoms with van der Waals surface area (Å²) in [7, 11) is 3.50. The summed E-state index contributed by atoms with van der Waals surface area (Å²) in [4.78, 5) is 25.9. The van der Waals surface area contributed by atoms with Crippen molar-refractivity contribution in [2.75, 3.05) is 11.9 Å². The van der Waals surface area contributed by atoms with Crippen LogP contribution < -0.4 is 4.90 Å². The summed E-state index contributed by atoms with van der Waals surface area (Å²) in [6, 6.07) is 9.20. The van der Waals surface area contributed by atoms with Crippen molar-refractivity contribution in [2.24, 2.45) is 7.05 Å². The van der Waals surface area contributed by atoms with Crippen molar-refractivity contribution in [1.82, 2.24) is 9.78 Å².